The first-order chi connectivity index (χ1) is 20.7. The number of hydrogen-bond acceptors (Lipinski definition) is 6. The highest BCUT2D eigenvalue weighted by molar-refractivity contribution is 14.1. The van der Waals surface area contributed by atoms with Crippen molar-refractivity contribution in [3.05, 3.63) is 123 Å². The predicted molar refractivity (Wildman–Crippen MR) is 180 cm³/mol. The minimum absolute atomic E-state index is 0.133. The standard InChI is InChI=1S/C33H31ClIN3O4S/c1-5-37(6-2)32(40)28-20(3)36-33-38(29(28)23-12-14-24(34)15-13-23)31(39)27(43-33)18-22-16-25(35)30(26(17-22)41-4)42-19-21-10-8-7-9-11-21/h7-18,29H,5-6,19H2,1-4H3/b27-18+/t29-/m1/s1. The Balaban J connectivity index is 1.60. The molecular weight excluding hydrogens is 697 g/mol. The second-order valence-corrected chi connectivity index (χ2v) is 12.5. The molecule has 1 aromatic heterocycles. The lowest BCUT2D eigenvalue weighted by atomic mass is 9.94. The van der Waals surface area contributed by atoms with Crippen LogP contribution >= 0.6 is 45.5 Å². The van der Waals surface area contributed by atoms with Crippen LogP contribution in [0, 0.1) is 3.57 Å². The molecule has 2 heterocycles. The molecule has 5 rings (SSSR count). The number of nitrogens with zero attached hydrogens (tertiary/aromatic N) is 3. The van der Waals surface area contributed by atoms with E-state index in [9.17, 15) is 9.59 Å². The van der Waals surface area contributed by atoms with Crippen molar-refractivity contribution < 1.29 is 14.3 Å². The van der Waals surface area contributed by atoms with Crippen LogP contribution in [0.25, 0.3) is 6.08 Å². The normalized spacial score (nSPS) is 14.7. The van der Waals surface area contributed by atoms with E-state index in [0.29, 0.717) is 56.8 Å². The Morgan fingerprint density at radius 1 is 1.12 bits per heavy atom. The van der Waals surface area contributed by atoms with Crippen molar-refractivity contribution in [2.75, 3.05) is 20.2 Å². The molecule has 1 amide bonds. The molecule has 0 saturated heterocycles. The highest BCUT2D eigenvalue weighted by atomic mass is 127. The molecule has 0 saturated carbocycles. The minimum atomic E-state index is -0.632. The molecule has 1 aliphatic heterocycles. The molecule has 0 fully saturated rings. The van der Waals surface area contributed by atoms with Crippen LogP contribution in [0.15, 0.2) is 87.8 Å². The largest absolute Gasteiger partial charge is 0.493 e. The maximum atomic E-state index is 14.1. The molecule has 222 valence electrons. The number of amides is 1. The molecule has 0 radical (unpaired) electrons. The van der Waals surface area contributed by atoms with E-state index in [1.807, 2.05) is 81.4 Å². The van der Waals surface area contributed by atoms with Crippen LogP contribution in [0.5, 0.6) is 11.5 Å². The predicted octanol–water partition coefficient (Wildman–Crippen LogP) is 5.95. The molecule has 3 aromatic carbocycles. The lowest BCUT2D eigenvalue weighted by Gasteiger charge is -2.29. The number of carbonyl (C=O) groups excluding carboxylic acids is 1. The number of methoxy groups -OCH3 is 1. The monoisotopic (exact) mass is 727 g/mol. The lowest BCUT2D eigenvalue weighted by Crippen LogP contribution is -2.43. The van der Waals surface area contributed by atoms with Gasteiger partial charge in [-0.3, -0.25) is 14.2 Å². The first kappa shape index (κ1) is 31.0. The summed E-state index contributed by atoms with van der Waals surface area (Å²) in [7, 11) is 1.60. The van der Waals surface area contributed by atoms with Gasteiger partial charge in [0, 0.05) is 18.1 Å². The highest BCUT2D eigenvalue weighted by Gasteiger charge is 2.34. The molecule has 7 nitrogen and oxygen atoms in total. The average molecular weight is 728 g/mol. The minimum Gasteiger partial charge on any atom is -0.493 e. The molecule has 0 aliphatic carbocycles. The summed E-state index contributed by atoms with van der Waals surface area (Å²) in [6.45, 7) is 7.22. The van der Waals surface area contributed by atoms with Gasteiger partial charge >= 0.3 is 0 Å². The number of hydrogen-bond donors (Lipinski definition) is 0. The SMILES string of the molecule is CCN(CC)C(=O)C1=C(C)N=c2s/c(=C/c3cc(I)c(OCc4ccccc4)c(OC)c3)c(=O)n2[C@@H]1c1ccc(Cl)cc1. The van der Waals surface area contributed by atoms with E-state index in [0.717, 1.165) is 20.3 Å². The summed E-state index contributed by atoms with van der Waals surface area (Å²) in [6.07, 6.45) is 1.83. The van der Waals surface area contributed by atoms with Crippen LogP contribution in [-0.4, -0.2) is 35.6 Å². The number of benzene rings is 3. The zero-order valence-electron chi connectivity index (χ0n) is 24.3. The Kier molecular flexibility index (Phi) is 9.73. The number of allylic oxidation sites excluding steroid dienone is 1. The summed E-state index contributed by atoms with van der Waals surface area (Å²) in [6, 6.07) is 20.4. The number of carbonyl (C=O) groups is 1. The molecule has 10 heteroatoms. The number of rotatable bonds is 9. The maximum Gasteiger partial charge on any atom is 0.271 e. The van der Waals surface area contributed by atoms with Crippen LogP contribution in [0.3, 0.4) is 0 Å². The molecule has 0 bridgehead atoms. The van der Waals surface area contributed by atoms with Crippen molar-refractivity contribution >= 4 is 57.5 Å². The number of halogens is 2. The van der Waals surface area contributed by atoms with E-state index in [-0.39, 0.29) is 11.5 Å². The van der Waals surface area contributed by atoms with Crippen molar-refractivity contribution in [1.82, 2.24) is 9.47 Å². The summed E-state index contributed by atoms with van der Waals surface area (Å²) >= 11 is 9.72. The van der Waals surface area contributed by atoms with Gasteiger partial charge in [0.05, 0.1) is 32.5 Å². The third kappa shape index (κ3) is 6.44. The van der Waals surface area contributed by atoms with E-state index < -0.39 is 6.04 Å². The molecule has 4 aromatic rings. The fraction of sp³-hybridized carbons (Fsp3) is 0.242. The van der Waals surface area contributed by atoms with Crippen molar-refractivity contribution in [2.45, 2.75) is 33.4 Å². The molecule has 0 spiro atoms. The van der Waals surface area contributed by atoms with Crippen molar-refractivity contribution in [3.63, 3.8) is 0 Å². The zero-order chi connectivity index (χ0) is 30.7. The fourth-order valence-corrected chi connectivity index (χ4v) is 7.03. The quantitative estimate of drug-likeness (QED) is 0.200. The fourth-order valence-electron chi connectivity index (χ4n) is 5.08. The number of fused-ring (bicyclic) bond motifs is 1. The van der Waals surface area contributed by atoms with E-state index in [1.165, 1.54) is 11.3 Å². The number of aromatic nitrogens is 1. The van der Waals surface area contributed by atoms with Gasteiger partial charge in [-0.2, -0.15) is 0 Å². The molecule has 1 aliphatic rings. The lowest BCUT2D eigenvalue weighted by molar-refractivity contribution is -0.127. The number of ether oxygens (including phenoxy) is 2. The summed E-state index contributed by atoms with van der Waals surface area (Å²) < 4.78 is 14.8. The second kappa shape index (κ2) is 13.5. The van der Waals surface area contributed by atoms with Crippen molar-refractivity contribution in [3.8, 4) is 11.5 Å². The van der Waals surface area contributed by atoms with Gasteiger partial charge in [-0.15, -0.1) is 0 Å². The van der Waals surface area contributed by atoms with Crippen molar-refractivity contribution in [2.24, 2.45) is 4.99 Å². The van der Waals surface area contributed by atoms with Crippen molar-refractivity contribution in [1.29, 1.82) is 0 Å². The van der Waals surface area contributed by atoms with Gasteiger partial charge in [0.15, 0.2) is 16.3 Å². The van der Waals surface area contributed by atoms with Gasteiger partial charge in [-0.1, -0.05) is 65.4 Å². The third-order valence-electron chi connectivity index (χ3n) is 7.26. The van der Waals surface area contributed by atoms with Gasteiger partial charge in [0.1, 0.15) is 6.61 Å². The Labute approximate surface area is 272 Å². The van der Waals surface area contributed by atoms with Gasteiger partial charge in [0.25, 0.3) is 11.5 Å². The first-order valence-electron chi connectivity index (χ1n) is 13.9. The van der Waals surface area contributed by atoms with E-state index in [1.54, 1.807) is 28.7 Å². The van der Waals surface area contributed by atoms with E-state index in [2.05, 4.69) is 22.6 Å². The third-order valence-corrected chi connectivity index (χ3v) is 9.30. The Hall–Kier alpha value is -3.41. The maximum absolute atomic E-state index is 14.1. The van der Waals surface area contributed by atoms with E-state index in [4.69, 9.17) is 26.1 Å². The Morgan fingerprint density at radius 3 is 2.47 bits per heavy atom. The topological polar surface area (TPSA) is 73.1 Å². The summed E-state index contributed by atoms with van der Waals surface area (Å²) in [5.41, 5.74) is 3.49. The van der Waals surface area contributed by atoms with Crippen LogP contribution < -0.4 is 24.4 Å². The second-order valence-electron chi connectivity index (χ2n) is 9.92. The Morgan fingerprint density at radius 2 is 1.81 bits per heavy atom. The van der Waals surface area contributed by atoms with Gasteiger partial charge < -0.3 is 14.4 Å². The first-order valence-corrected chi connectivity index (χ1v) is 16.1. The molecule has 0 unspecified atom stereocenters. The van der Waals surface area contributed by atoms with Crippen LogP contribution in [0.1, 0.15) is 43.5 Å². The number of likely N-dealkylation sites (N-methyl/N-ethyl adjacent to an activating group) is 1. The smallest absolute Gasteiger partial charge is 0.271 e. The molecule has 1 atom stereocenters. The molecule has 0 N–H and O–H groups in total. The summed E-state index contributed by atoms with van der Waals surface area (Å²) in [5, 5.41) is 0.577. The van der Waals surface area contributed by atoms with Crippen LogP contribution in [0.2, 0.25) is 5.02 Å². The summed E-state index contributed by atoms with van der Waals surface area (Å²) in [4.78, 5) is 34.9. The zero-order valence-corrected chi connectivity index (χ0v) is 28.0. The van der Waals surface area contributed by atoms with Gasteiger partial charge in [0.2, 0.25) is 0 Å². The average Bonchev–Trinajstić information content (AvgIpc) is 3.30. The van der Waals surface area contributed by atoms with Crippen LogP contribution in [-0.2, 0) is 11.4 Å². The van der Waals surface area contributed by atoms with E-state index >= 15 is 0 Å². The summed E-state index contributed by atoms with van der Waals surface area (Å²) in [5.74, 6) is 1.08. The number of thiazole rings is 1. The highest BCUT2D eigenvalue weighted by Crippen LogP contribution is 2.35. The van der Waals surface area contributed by atoms with Crippen LogP contribution in [0.4, 0.5) is 0 Å². The Bertz CT molecular complexity index is 1860. The van der Waals surface area contributed by atoms with Gasteiger partial charge in [-0.25, -0.2) is 4.99 Å². The molecular formula is C33H31ClIN3O4S. The molecule has 43 heavy (non-hydrogen) atoms. The van der Waals surface area contributed by atoms with Gasteiger partial charge in [-0.05, 0) is 90.4 Å².